The third-order valence-electron chi connectivity index (χ3n) is 5.18. The third kappa shape index (κ3) is 5.29. The second-order valence-electron chi connectivity index (χ2n) is 7.72. The van der Waals surface area contributed by atoms with E-state index in [9.17, 15) is 18.3 Å². The van der Waals surface area contributed by atoms with Gasteiger partial charge in [-0.1, -0.05) is 25.3 Å². The molecule has 0 spiro atoms. The molecule has 6 nitrogen and oxygen atoms in total. The summed E-state index contributed by atoms with van der Waals surface area (Å²) in [5, 5.41) is 9.73. The topological polar surface area (TPSA) is 86.7 Å². The lowest BCUT2D eigenvalue weighted by Crippen LogP contribution is -2.28. The van der Waals surface area contributed by atoms with Gasteiger partial charge in [0.1, 0.15) is 0 Å². The maximum Gasteiger partial charge on any atom is 0.337 e. The molecule has 1 fully saturated rings. The number of hydrogen-bond donors (Lipinski definition) is 2. The van der Waals surface area contributed by atoms with Crippen molar-refractivity contribution in [1.82, 2.24) is 0 Å². The van der Waals surface area contributed by atoms with Crippen molar-refractivity contribution in [2.75, 3.05) is 22.7 Å². The van der Waals surface area contributed by atoms with E-state index in [1.165, 1.54) is 12.5 Å². The largest absolute Gasteiger partial charge is 0.478 e. The Balaban J connectivity index is 1.90. The number of carboxylic acids is 1. The van der Waals surface area contributed by atoms with Gasteiger partial charge in [0, 0.05) is 18.8 Å². The van der Waals surface area contributed by atoms with E-state index in [-0.39, 0.29) is 16.1 Å². The monoisotopic (exact) mass is 416 g/mol. The zero-order valence-electron chi connectivity index (χ0n) is 16.9. The van der Waals surface area contributed by atoms with E-state index in [0.29, 0.717) is 5.69 Å². The Kier molecular flexibility index (Phi) is 6.47. The highest BCUT2D eigenvalue weighted by Gasteiger charge is 2.20. The lowest BCUT2D eigenvalue weighted by molar-refractivity contribution is 0.0697. The summed E-state index contributed by atoms with van der Waals surface area (Å²) in [5.41, 5.74) is 2.71. The summed E-state index contributed by atoms with van der Waals surface area (Å²) in [6, 6.07) is 9.87. The summed E-state index contributed by atoms with van der Waals surface area (Å²) in [6.07, 6.45) is 5.57. The SMILES string of the molecule is Cc1cc(C)cc(S(=O)(=O)Nc2ccc(N3CCCCCCC3)c(C(=O)O)c2)c1. The van der Waals surface area contributed by atoms with Crippen LogP contribution in [0.1, 0.15) is 53.6 Å². The molecule has 2 aromatic rings. The number of sulfonamides is 1. The average Bonchev–Trinajstić information content (AvgIpc) is 2.60. The molecule has 0 saturated carbocycles. The van der Waals surface area contributed by atoms with E-state index in [1.54, 1.807) is 24.3 Å². The fourth-order valence-corrected chi connectivity index (χ4v) is 5.07. The molecular weight excluding hydrogens is 388 g/mol. The Morgan fingerprint density at radius 2 is 1.52 bits per heavy atom. The van der Waals surface area contributed by atoms with Gasteiger partial charge in [0.15, 0.2) is 0 Å². The van der Waals surface area contributed by atoms with Crippen molar-refractivity contribution >= 4 is 27.4 Å². The first-order chi connectivity index (χ1) is 13.8. The van der Waals surface area contributed by atoms with Crippen LogP contribution < -0.4 is 9.62 Å². The highest BCUT2D eigenvalue weighted by Crippen LogP contribution is 2.28. The maximum atomic E-state index is 12.8. The predicted octanol–water partition coefficient (Wildman–Crippen LogP) is 4.57. The average molecular weight is 417 g/mol. The van der Waals surface area contributed by atoms with Crippen LogP contribution in [0, 0.1) is 13.8 Å². The van der Waals surface area contributed by atoms with Crippen LogP contribution in [0.2, 0.25) is 0 Å². The fraction of sp³-hybridized carbons (Fsp3) is 0.409. The molecular formula is C22H28N2O4S. The Morgan fingerprint density at radius 3 is 2.10 bits per heavy atom. The Labute approximate surface area is 172 Å². The van der Waals surface area contributed by atoms with Crippen molar-refractivity contribution in [1.29, 1.82) is 0 Å². The molecule has 0 atom stereocenters. The molecule has 2 aromatic carbocycles. The van der Waals surface area contributed by atoms with Gasteiger partial charge in [0.05, 0.1) is 16.1 Å². The number of aromatic carboxylic acids is 1. The van der Waals surface area contributed by atoms with Crippen LogP contribution in [-0.4, -0.2) is 32.6 Å². The summed E-state index contributed by atoms with van der Waals surface area (Å²) >= 11 is 0. The van der Waals surface area contributed by atoms with Crippen molar-refractivity contribution in [2.24, 2.45) is 0 Å². The second kappa shape index (κ2) is 8.86. The third-order valence-corrected chi connectivity index (χ3v) is 6.54. The first-order valence-corrected chi connectivity index (χ1v) is 11.5. The van der Waals surface area contributed by atoms with E-state index >= 15 is 0 Å². The molecule has 0 bridgehead atoms. The van der Waals surface area contributed by atoms with Gasteiger partial charge >= 0.3 is 5.97 Å². The molecule has 2 N–H and O–H groups in total. The molecule has 0 aromatic heterocycles. The minimum Gasteiger partial charge on any atom is -0.478 e. The first kappa shape index (κ1) is 21.2. The van der Waals surface area contributed by atoms with Gasteiger partial charge in [-0.15, -0.1) is 0 Å². The summed E-state index contributed by atoms with van der Waals surface area (Å²) in [7, 11) is -3.81. The van der Waals surface area contributed by atoms with E-state index in [2.05, 4.69) is 9.62 Å². The standard InChI is InChI=1S/C22H28N2O4S/c1-16-12-17(2)14-19(13-16)29(27,28)23-18-8-9-21(20(15-18)22(25)26)24-10-6-4-3-5-7-11-24/h8-9,12-15,23H,3-7,10-11H2,1-2H3,(H,25,26). The highest BCUT2D eigenvalue weighted by atomic mass is 32.2. The van der Waals surface area contributed by atoms with Gasteiger partial charge in [0.2, 0.25) is 0 Å². The normalized spacial score (nSPS) is 15.4. The van der Waals surface area contributed by atoms with Gasteiger partial charge in [-0.25, -0.2) is 13.2 Å². The number of nitrogens with one attached hydrogen (secondary N) is 1. The van der Waals surface area contributed by atoms with Crippen LogP contribution in [-0.2, 0) is 10.0 Å². The highest BCUT2D eigenvalue weighted by molar-refractivity contribution is 7.92. The van der Waals surface area contributed by atoms with Crippen LogP contribution in [0.4, 0.5) is 11.4 Å². The van der Waals surface area contributed by atoms with Gasteiger partial charge in [-0.3, -0.25) is 4.72 Å². The summed E-state index contributed by atoms with van der Waals surface area (Å²) in [4.78, 5) is 14.2. The minimum atomic E-state index is -3.81. The zero-order valence-corrected chi connectivity index (χ0v) is 17.8. The molecule has 1 aliphatic rings. The quantitative estimate of drug-likeness (QED) is 0.745. The van der Waals surface area contributed by atoms with E-state index in [4.69, 9.17) is 0 Å². The number of nitrogens with zero attached hydrogens (tertiary/aromatic N) is 1. The Hall–Kier alpha value is -2.54. The molecule has 3 rings (SSSR count). The molecule has 1 saturated heterocycles. The summed E-state index contributed by atoms with van der Waals surface area (Å²) in [5.74, 6) is -1.06. The Morgan fingerprint density at radius 1 is 0.931 bits per heavy atom. The van der Waals surface area contributed by atoms with Crippen molar-refractivity contribution in [3.8, 4) is 0 Å². The molecule has 1 heterocycles. The van der Waals surface area contributed by atoms with Crippen LogP contribution in [0.25, 0.3) is 0 Å². The molecule has 0 unspecified atom stereocenters. The summed E-state index contributed by atoms with van der Waals surface area (Å²) < 4.78 is 28.1. The number of aryl methyl sites for hydroxylation is 2. The number of anilines is 2. The predicted molar refractivity (Wildman–Crippen MR) is 115 cm³/mol. The van der Waals surface area contributed by atoms with Crippen LogP contribution in [0.5, 0.6) is 0 Å². The first-order valence-electron chi connectivity index (χ1n) is 10.00. The second-order valence-corrected chi connectivity index (χ2v) is 9.40. The fourth-order valence-electron chi connectivity index (χ4n) is 3.84. The van der Waals surface area contributed by atoms with Crippen LogP contribution in [0.3, 0.4) is 0 Å². The summed E-state index contributed by atoms with van der Waals surface area (Å²) in [6.45, 7) is 5.31. The van der Waals surface area contributed by atoms with Gasteiger partial charge in [-0.2, -0.15) is 0 Å². The van der Waals surface area contributed by atoms with Crippen LogP contribution >= 0.6 is 0 Å². The molecule has 1 aliphatic heterocycles. The van der Waals surface area contributed by atoms with Crippen LogP contribution in [0.15, 0.2) is 41.3 Å². The number of carboxylic acid groups (broad SMARTS) is 1. The molecule has 0 radical (unpaired) electrons. The number of rotatable bonds is 5. The lowest BCUT2D eigenvalue weighted by Gasteiger charge is -2.28. The van der Waals surface area contributed by atoms with E-state index in [0.717, 1.165) is 49.9 Å². The van der Waals surface area contributed by atoms with Gasteiger partial charge in [0.25, 0.3) is 10.0 Å². The lowest BCUT2D eigenvalue weighted by atomic mass is 10.1. The minimum absolute atomic E-state index is 0.117. The zero-order chi connectivity index (χ0) is 21.0. The number of carbonyl (C=O) groups is 1. The van der Waals surface area contributed by atoms with Gasteiger partial charge < -0.3 is 10.0 Å². The molecule has 156 valence electrons. The van der Waals surface area contributed by atoms with E-state index < -0.39 is 16.0 Å². The molecule has 29 heavy (non-hydrogen) atoms. The number of benzene rings is 2. The molecule has 7 heteroatoms. The molecule has 0 aliphatic carbocycles. The van der Waals surface area contributed by atoms with Crippen molar-refractivity contribution in [2.45, 2.75) is 50.8 Å². The Bertz CT molecular complexity index is 974. The number of hydrogen-bond acceptors (Lipinski definition) is 4. The van der Waals surface area contributed by atoms with Crippen molar-refractivity contribution < 1.29 is 18.3 Å². The smallest absolute Gasteiger partial charge is 0.337 e. The van der Waals surface area contributed by atoms with Crippen molar-refractivity contribution in [3.05, 3.63) is 53.1 Å². The van der Waals surface area contributed by atoms with E-state index in [1.807, 2.05) is 19.9 Å². The maximum absolute atomic E-state index is 12.8. The molecule has 0 amide bonds. The van der Waals surface area contributed by atoms with Crippen molar-refractivity contribution in [3.63, 3.8) is 0 Å². The van der Waals surface area contributed by atoms with Gasteiger partial charge in [-0.05, 0) is 68.1 Å².